The van der Waals surface area contributed by atoms with Crippen molar-refractivity contribution in [3.63, 3.8) is 0 Å². The molecule has 0 saturated carbocycles. The summed E-state index contributed by atoms with van der Waals surface area (Å²) < 4.78 is 60.0. The van der Waals surface area contributed by atoms with Crippen LogP contribution in [0.4, 0.5) is 11.4 Å². The molecule has 0 bridgehead atoms. The van der Waals surface area contributed by atoms with Crippen LogP contribution in [0.2, 0.25) is 0 Å². The molecule has 0 fully saturated rings. The molecule has 0 radical (unpaired) electrons. The normalized spacial score (nSPS) is 11.5. The Morgan fingerprint density at radius 1 is 0.474 bits per heavy atom. The summed E-state index contributed by atoms with van der Waals surface area (Å²) in [6.45, 7) is 0. The average Bonchev–Trinajstić information content (AvgIpc) is 2.89. The van der Waals surface area contributed by atoms with Gasteiger partial charge in [0.2, 0.25) is 0 Å². The van der Waals surface area contributed by atoms with Gasteiger partial charge < -0.3 is 8.37 Å². The average molecular weight is 557 g/mol. The van der Waals surface area contributed by atoms with E-state index >= 15 is 0 Å². The van der Waals surface area contributed by atoms with Gasteiger partial charge in [0.15, 0.2) is 0 Å². The molecular formula is C24H16N2O10S2. The maximum atomic E-state index is 12.5. The number of nitrogens with zero attached hydrogens (tertiary/aromatic N) is 2. The molecule has 4 aromatic carbocycles. The molecule has 0 unspecified atom stereocenters. The molecule has 4 rings (SSSR count). The Bertz CT molecular complexity index is 1570. The second-order valence-electron chi connectivity index (χ2n) is 7.63. The Labute approximate surface area is 216 Å². The molecule has 0 amide bonds. The molecule has 12 nitrogen and oxygen atoms in total. The topological polar surface area (TPSA) is 173 Å². The van der Waals surface area contributed by atoms with Crippen molar-refractivity contribution < 1.29 is 35.0 Å². The molecular weight excluding hydrogens is 540 g/mol. The minimum atomic E-state index is -4.22. The van der Waals surface area contributed by atoms with Crippen LogP contribution in [0.3, 0.4) is 0 Å². The number of rotatable bonds is 9. The molecule has 194 valence electrons. The summed E-state index contributed by atoms with van der Waals surface area (Å²) in [7, 11) is -8.43. The van der Waals surface area contributed by atoms with Gasteiger partial charge in [0.25, 0.3) is 11.4 Å². The van der Waals surface area contributed by atoms with Gasteiger partial charge in [-0.15, -0.1) is 0 Å². The van der Waals surface area contributed by atoms with Crippen LogP contribution in [0.1, 0.15) is 0 Å². The van der Waals surface area contributed by atoms with Crippen molar-refractivity contribution in [2.24, 2.45) is 0 Å². The minimum Gasteiger partial charge on any atom is -0.379 e. The van der Waals surface area contributed by atoms with Crippen LogP contribution in [0, 0.1) is 20.2 Å². The van der Waals surface area contributed by atoms with Crippen LogP contribution >= 0.6 is 0 Å². The van der Waals surface area contributed by atoms with E-state index in [1.807, 2.05) is 0 Å². The van der Waals surface area contributed by atoms with Gasteiger partial charge in [-0.05, 0) is 59.7 Å². The number of nitro benzene ring substituents is 2. The second-order valence-corrected chi connectivity index (χ2v) is 10.7. The first-order valence-corrected chi connectivity index (χ1v) is 13.3. The number of non-ortho nitro benzene ring substituents is 2. The first-order valence-electron chi connectivity index (χ1n) is 10.5. The van der Waals surface area contributed by atoms with Crippen LogP contribution in [-0.4, -0.2) is 26.7 Å². The highest BCUT2D eigenvalue weighted by Crippen LogP contribution is 2.28. The van der Waals surface area contributed by atoms with Gasteiger partial charge >= 0.3 is 20.2 Å². The lowest BCUT2D eigenvalue weighted by Gasteiger charge is -2.09. The van der Waals surface area contributed by atoms with Crippen molar-refractivity contribution in [2.75, 3.05) is 0 Å². The highest BCUT2D eigenvalue weighted by Gasteiger charge is 2.20. The monoisotopic (exact) mass is 556 g/mol. The van der Waals surface area contributed by atoms with Gasteiger partial charge in [-0.3, -0.25) is 20.2 Å². The van der Waals surface area contributed by atoms with Crippen molar-refractivity contribution >= 4 is 31.6 Å². The van der Waals surface area contributed by atoms with Gasteiger partial charge in [0.05, 0.1) is 9.85 Å². The number of nitro groups is 2. The summed E-state index contributed by atoms with van der Waals surface area (Å²) in [4.78, 5) is 19.7. The van der Waals surface area contributed by atoms with Crippen LogP contribution in [-0.2, 0) is 20.2 Å². The summed E-state index contributed by atoms with van der Waals surface area (Å²) >= 11 is 0. The fourth-order valence-electron chi connectivity index (χ4n) is 3.22. The lowest BCUT2D eigenvalue weighted by molar-refractivity contribution is -0.385. The summed E-state index contributed by atoms with van der Waals surface area (Å²) in [5.74, 6) is 0.0301. The molecule has 0 aromatic heterocycles. The number of hydrogen-bond acceptors (Lipinski definition) is 10. The third-order valence-corrected chi connectivity index (χ3v) is 7.65. The number of benzene rings is 4. The van der Waals surface area contributed by atoms with Gasteiger partial charge in [-0.25, -0.2) is 0 Å². The zero-order chi connectivity index (χ0) is 27.5. The largest absolute Gasteiger partial charge is 0.379 e. The fraction of sp³-hybridized carbons (Fsp3) is 0. The van der Waals surface area contributed by atoms with E-state index < -0.39 is 30.1 Å². The van der Waals surface area contributed by atoms with Gasteiger partial charge in [-0.2, -0.15) is 16.8 Å². The molecule has 0 aliphatic heterocycles. The van der Waals surface area contributed by atoms with Crippen molar-refractivity contribution in [1.29, 1.82) is 0 Å². The predicted molar refractivity (Wildman–Crippen MR) is 134 cm³/mol. The van der Waals surface area contributed by atoms with Gasteiger partial charge in [0, 0.05) is 24.3 Å². The van der Waals surface area contributed by atoms with Crippen molar-refractivity contribution in [3.8, 4) is 22.6 Å². The zero-order valence-corrected chi connectivity index (χ0v) is 20.7. The van der Waals surface area contributed by atoms with Crippen molar-refractivity contribution in [2.45, 2.75) is 9.79 Å². The fourth-order valence-corrected chi connectivity index (χ4v) is 5.08. The smallest absolute Gasteiger partial charge is 0.339 e. The third-order valence-electron chi connectivity index (χ3n) is 5.13. The Morgan fingerprint density at radius 3 is 1.03 bits per heavy atom. The van der Waals surface area contributed by atoms with Gasteiger partial charge in [0.1, 0.15) is 21.3 Å². The first-order chi connectivity index (χ1) is 17.9. The molecule has 0 atom stereocenters. The summed E-state index contributed by atoms with van der Waals surface area (Å²) in [5.41, 5.74) is 0.812. The third kappa shape index (κ3) is 5.93. The molecule has 0 aliphatic rings. The van der Waals surface area contributed by atoms with Crippen molar-refractivity contribution in [3.05, 3.63) is 117 Å². The van der Waals surface area contributed by atoms with Crippen LogP contribution < -0.4 is 8.37 Å². The van der Waals surface area contributed by atoms with Crippen LogP contribution in [0.5, 0.6) is 11.5 Å². The van der Waals surface area contributed by atoms with Gasteiger partial charge in [-0.1, -0.05) is 24.3 Å². The Balaban J connectivity index is 1.44. The zero-order valence-electron chi connectivity index (χ0n) is 19.0. The van der Waals surface area contributed by atoms with Crippen molar-refractivity contribution in [1.82, 2.24) is 0 Å². The van der Waals surface area contributed by atoms with E-state index in [-0.39, 0.29) is 32.7 Å². The van der Waals surface area contributed by atoms with Crippen LogP contribution in [0.15, 0.2) is 107 Å². The lowest BCUT2D eigenvalue weighted by Crippen LogP contribution is -2.09. The van der Waals surface area contributed by atoms with E-state index in [0.717, 1.165) is 48.5 Å². The van der Waals surface area contributed by atoms with E-state index in [1.54, 1.807) is 24.3 Å². The van der Waals surface area contributed by atoms with E-state index in [4.69, 9.17) is 8.37 Å². The van der Waals surface area contributed by atoms with E-state index in [1.165, 1.54) is 24.3 Å². The summed E-state index contributed by atoms with van der Waals surface area (Å²) in [6, 6.07) is 20.6. The summed E-state index contributed by atoms with van der Waals surface area (Å²) in [6.07, 6.45) is 0. The second kappa shape index (κ2) is 10.3. The molecule has 0 heterocycles. The molecule has 0 N–H and O–H groups in total. The maximum Gasteiger partial charge on any atom is 0.339 e. The predicted octanol–water partition coefficient (Wildman–Crippen LogP) is 4.71. The van der Waals surface area contributed by atoms with E-state index in [0.29, 0.717) is 11.1 Å². The lowest BCUT2D eigenvalue weighted by atomic mass is 10.1. The molecule has 14 heteroatoms. The SMILES string of the molecule is O=[N+]([O-])c1ccc(S(=O)(=O)Oc2ccc(-c3ccc(OS(=O)(=O)c4ccc([N+](=O)[O-])cc4)cc3)cc2)cc1. The molecule has 38 heavy (non-hydrogen) atoms. The standard InChI is InChI=1S/C24H16N2O10S2/c27-25(28)19-5-13-23(14-6-19)37(31,32)35-21-9-1-17(2-10-21)18-3-11-22(12-4-18)36-38(33,34)24-15-7-20(8-16-24)26(29)30/h1-16H. The Hall–Kier alpha value is -4.82. The quantitative estimate of drug-likeness (QED) is 0.160. The summed E-state index contributed by atoms with van der Waals surface area (Å²) in [5, 5.41) is 21.5. The maximum absolute atomic E-state index is 12.5. The first kappa shape index (κ1) is 26.2. The molecule has 4 aromatic rings. The highest BCUT2D eigenvalue weighted by atomic mass is 32.2. The number of hydrogen-bond donors (Lipinski definition) is 0. The van der Waals surface area contributed by atoms with E-state index in [9.17, 15) is 37.1 Å². The molecule has 0 spiro atoms. The van der Waals surface area contributed by atoms with Crippen LogP contribution in [0.25, 0.3) is 11.1 Å². The Morgan fingerprint density at radius 2 is 0.763 bits per heavy atom. The minimum absolute atomic E-state index is 0.0150. The Kier molecular flexibility index (Phi) is 7.10. The highest BCUT2D eigenvalue weighted by molar-refractivity contribution is 7.87. The van der Waals surface area contributed by atoms with E-state index in [2.05, 4.69) is 0 Å². The molecule has 0 aliphatic carbocycles. The molecule has 0 saturated heterocycles.